The van der Waals surface area contributed by atoms with Gasteiger partial charge in [-0.25, -0.2) is 4.79 Å². The first-order valence-electron chi connectivity index (χ1n) is 6.61. The number of benzene rings is 1. The zero-order valence-electron chi connectivity index (χ0n) is 11.8. The van der Waals surface area contributed by atoms with Gasteiger partial charge >= 0.3 is 5.97 Å². The first-order chi connectivity index (χ1) is 9.52. The fourth-order valence-electron chi connectivity index (χ4n) is 1.77. The van der Waals surface area contributed by atoms with Crippen LogP contribution in [0.1, 0.15) is 25.3 Å². The molecule has 0 saturated heterocycles. The first kappa shape index (κ1) is 16.2. The molecule has 0 radical (unpaired) electrons. The predicted octanol–water partition coefficient (Wildman–Crippen LogP) is 1.61. The summed E-state index contributed by atoms with van der Waals surface area (Å²) in [7, 11) is 1.58. The van der Waals surface area contributed by atoms with Gasteiger partial charge < -0.3 is 15.2 Å². The number of carboxylic acids is 1. The van der Waals surface area contributed by atoms with Crippen LogP contribution in [0.5, 0.6) is 0 Å². The summed E-state index contributed by atoms with van der Waals surface area (Å²) in [6, 6.07) is 8.34. The summed E-state index contributed by atoms with van der Waals surface area (Å²) >= 11 is 0. The lowest BCUT2D eigenvalue weighted by molar-refractivity contribution is -0.141. The lowest BCUT2D eigenvalue weighted by atomic mass is 10.1. The minimum Gasteiger partial charge on any atom is -0.480 e. The summed E-state index contributed by atoms with van der Waals surface area (Å²) < 4.78 is 5.05. The third kappa shape index (κ3) is 5.84. The maximum atomic E-state index is 11.7. The van der Waals surface area contributed by atoms with Crippen molar-refractivity contribution in [2.75, 3.05) is 7.11 Å². The molecule has 2 N–H and O–H groups in total. The minimum absolute atomic E-state index is 0.0156. The molecular weight excluding hydrogens is 258 g/mol. The van der Waals surface area contributed by atoms with Gasteiger partial charge in [-0.3, -0.25) is 4.79 Å². The zero-order chi connectivity index (χ0) is 15.0. The van der Waals surface area contributed by atoms with Gasteiger partial charge in [0.25, 0.3) is 0 Å². The molecule has 0 aromatic heterocycles. The second kappa shape index (κ2) is 8.32. The molecule has 1 amide bonds. The summed E-state index contributed by atoms with van der Waals surface area (Å²) in [5.41, 5.74) is 0.880. The highest BCUT2D eigenvalue weighted by Crippen LogP contribution is 2.05. The van der Waals surface area contributed by atoms with E-state index in [1.807, 2.05) is 37.3 Å². The van der Waals surface area contributed by atoms with Crippen molar-refractivity contribution < 1.29 is 19.4 Å². The summed E-state index contributed by atoms with van der Waals surface area (Å²) in [6.45, 7) is 1.87. The molecule has 0 aliphatic rings. The van der Waals surface area contributed by atoms with E-state index in [0.29, 0.717) is 6.42 Å². The van der Waals surface area contributed by atoms with Crippen LogP contribution in [0.15, 0.2) is 30.3 Å². The van der Waals surface area contributed by atoms with Gasteiger partial charge in [0.2, 0.25) is 5.91 Å². The Morgan fingerprint density at radius 1 is 1.30 bits per heavy atom. The molecule has 1 aromatic carbocycles. The summed E-state index contributed by atoms with van der Waals surface area (Å²) in [5.74, 6) is -1.29. The Hall–Kier alpha value is -1.88. The van der Waals surface area contributed by atoms with Gasteiger partial charge in [0.15, 0.2) is 0 Å². The van der Waals surface area contributed by atoms with Crippen LogP contribution in [0.4, 0.5) is 0 Å². The number of carbonyl (C=O) groups excluding carboxylic acids is 1. The van der Waals surface area contributed by atoms with E-state index in [9.17, 15) is 9.59 Å². The fraction of sp³-hybridized carbons (Fsp3) is 0.467. The van der Waals surface area contributed by atoms with Crippen molar-refractivity contribution in [2.24, 2.45) is 0 Å². The van der Waals surface area contributed by atoms with Gasteiger partial charge in [-0.15, -0.1) is 0 Å². The lowest BCUT2D eigenvalue weighted by Gasteiger charge is -2.15. The summed E-state index contributed by atoms with van der Waals surface area (Å²) in [5, 5.41) is 11.7. The van der Waals surface area contributed by atoms with Crippen LogP contribution in [0, 0.1) is 0 Å². The van der Waals surface area contributed by atoms with Crippen molar-refractivity contribution in [2.45, 2.75) is 38.3 Å². The molecule has 0 fully saturated rings. The van der Waals surface area contributed by atoms with Crippen LogP contribution < -0.4 is 5.32 Å². The van der Waals surface area contributed by atoms with Crippen LogP contribution in [0.3, 0.4) is 0 Å². The largest absolute Gasteiger partial charge is 0.480 e. The van der Waals surface area contributed by atoms with E-state index < -0.39 is 12.0 Å². The Kier molecular flexibility index (Phi) is 6.73. The summed E-state index contributed by atoms with van der Waals surface area (Å²) in [6.07, 6.45) is 1.09. The van der Waals surface area contributed by atoms with Crippen LogP contribution in [0.2, 0.25) is 0 Å². The minimum atomic E-state index is -1.03. The van der Waals surface area contributed by atoms with Gasteiger partial charge in [-0.2, -0.15) is 0 Å². The molecule has 0 spiro atoms. The Balaban J connectivity index is 2.51. The number of hydrogen-bond acceptors (Lipinski definition) is 3. The number of aliphatic carboxylic acids is 1. The van der Waals surface area contributed by atoms with E-state index in [4.69, 9.17) is 9.84 Å². The topological polar surface area (TPSA) is 75.6 Å². The molecule has 0 aliphatic heterocycles. The molecule has 110 valence electrons. The highest BCUT2D eigenvalue weighted by molar-refractivity contribution is 5.83. The molecule has 5 heteroatoms. The van der Waals surface area contributed by atoms with E-state index in [-0.39, 0.29) is 24.9 Å². The number of methoxy groups -OCH3 is 1. The maximum Gasteiger partial charge on any atom is 0.326 e. The van der Waals surface area contributed by atoms with Crippen LogP contribution >= 0.6 is 0 Å². The Bertz CT molecular complexity index is 433. The number of nitrogens with one attached hydrogen (secondary N) is 1. The third-order valence-electron chi connectivity index (χ3n) is 3.10. The zero-order valence-corrected chi connectivity index (χ0v) is 11.8. The van der Waals surface area contributed by atoms with Crippen molar-refractivity contribution in [3.8, 4) is 0 Å². The lowest BCUT2D eigenvalue weighted by Crippen LogP contribution is -2.42. The molecule has 0 saturated carbocycles. The van der Waals surface area contributed by atoms with Crippen LogP contribution in [-0.4, -0.2) is 36.2 Å². The van der Waals surface area contributed by atoms with E-state index in [1.165, 1.54) is 0 Å². The smallest absolute Gasteiger partial charge is 0.326 e. The van der Waals surface area contributed by atoms with Gasteiger partial charge in [0.05, 0.1) is 6.10 Å². The Morgan fingerprint density at radius 3 is 2.50 bits per heavy atom. The number of amides is 1. The number of hydrogen-bond donors (Lipinski definition) is 2. The molecule has 20 heavy (non-hydrogen) atoms. The SMILES string of the molecule is COC(C)CCC(=O)N[C@H](Cc1ccccc1)C(=O)O. The molecule has 5 nitrogen and oxygen atoms in total. The molecule has 1 unspecified atom stereocenters. The number of carboxylic acid groups (broad SMARTS) is 1. The average molecular weight is 279 g/mol. The number of carbonyl (C=O) groups is 2. The normalized spacial score (nSPS) is 13.5. The highest BCUT2D eigenvalue weighted by Gasteiger charge is 2.20. The number of ether oxygens (including phenoxy) is 1. The average Bonchev–Trinajstić information content (AvgIpc) is 2.45. The van der Waals surface area contributed by atoms with Gasteiger partial charge in [-0.05, 0) is 18.9 Å². The monoisotopic (exact) mass is 279 g/mol. The van der Waals surface area contributed by atoms with E-state index in [1.54, 1.807) is 7.11 Å². The molecule has 1 rings (SSSR count). The molecular formula is C15H21NO4. The van der Waals surface area contributed by atoms with Gasteiger partial charge in [0, 0.05) is 20.0 Å². The van der Waals surface area contributed by atoms with Gasteiger partial charge in [0.1, 0.15) is 6.04 Å². The van der Waals surface area contributed by atoms with Crippen molar-refractivity contribution >= 4 is 11.9 Å². The Morgan fingerprint density at radius 2 is 1.95 bits per heavy atom. The van der Waals surface area contributed by atoms with Crippen molar-refractivity contribution in [3.63, 3.8) is 0 Å². The van der Waals surface area contributed by atoms with Crippen molar-refractivity contribution in [3.05, 3.63) is 35.9 Å². The molecule has 2 atom stereocenters. The van der Waals surface area contributed by atoms with Crippen LogP contribution in [0.25, 0.3) is 0 Å². The summed E-state index contributed by atoms with van der Waals surface area (Å²) in [4.78, 5) is 22.9. The second-order valence-corrected chi connectivity index (χ2v) is 4.73. The van der Waals surface area contributed by atoms with Crippen molar-refractivity contribution in [1.29, 1.82) is 0 Å². The van der Waals surface area contributed by atoms with Crippen LogP contribution in [-0.2, 0) is 20.7 Å². The molecule has 1 aromatic rings. The predicted molar refractivity (Wildman–Crippen MR) is 75.4 cm³/mol. The van der Waals surface area contributed by atoms with E-state index >= 15 is 0 Å². The Labute approximate surface area is 118 Å². The third-order valence-corrected chi connectivity index (χ3v) is 3.10. The fourth-order valence-corrected chi connectivity index (χ4v) is 1.77. The van der Waals surface area contributed by atoms with Crippen molar-refractivity contribution in [1.82, 2.24) is 5.32 Å². The molecule has 0 heterocycles. The van der Waals surface area contributed by atoms with Gasteiger partial charge in [-0.1, -0.05) is 30.3 Å². The maximum absolute atomic E-state index is 11.7. The highest BCUT2D eigenvalue weighted by atomic mass is 16.5. The molecule has 0 bridgehead atoms. The molecule has 0 aliphatic carbocycles. The standard InChI is InChI=1S/C15H21NO4/c1-11(20-2)8-9-14(17)16-13(15(18)19)10-12-6-4-3-5-7-12/h3-7,11,13H,8-10H2,1-2H3,(H,16,17)(H,18,19)/t11?,13-/m1/s1. The first-order valence-corrected chi connectivity index (χ1v) is 6.61. The second-order valence-electron chi connectivity index (χ2n) is 4.73. The number of rotatable bonds is 8. The van der Waals surface area contributed by atoms with E-state index in [2.05, 4.69) is 5.32 Å². The van der Waals surface area contributed by atoms with E-state index in [0.717, 1.165) is 5.56 Å². The quantitative estimate of drug-likeness (QED) is 0.758.